The van der Waals surface area contributed by atoms with E-state index in [0.29, 0.717) is 0 Å². The molecule has 1 atom stereocenters. The topological polar surface area (TPSA) is 58.3 Å². The summed E-state index contributed by atoms with van der Waals surface area (Å²) >= 11 is 0. The Balaban J connectivity index is 2.81. The highest BCUT2D eigenvalue weighted by molar-refractivity contribution is 5.23. The van der Waals surface area contributed by atoms with Crippen LogP contribution in [-0.4, -0.2) is 5.21 Å². The maximum absolute atomic E-state index is 8.48. The van der Waals surface area contributed by atoms with E-state index in [-0.39, 0.29) is 0 Å². The molecule has 1 aromatic rings. The molecule has 0 aliphatic heterocycles. The zero-order chi connectivity index (χ0) is 8.27. The summed E-state index contributed by atoms with van der Waals surface area (Å²) in [6, 6.07) is 7.66. The largest absolute Gasteiger partial charge is 0.315 e. The molecular formula is C8H12N2O. The minimum Gasteiger partial charge on any atom is -0.315 e. The number of hydroxylamine groups is 1. The van der Waals surface area contributed by atoms with Crippen molar-refractivity contribution >= 4 is 0 Å². The van der Waals surface area contributed by atoms with E-state index in [1.54, 1.807) is 0 Å². The molecule has 1 rings (SSSR count). The Bertz CT molecular complexity index is 220. The van der Waals surface area contributed by atoms with Gasteiger partial charge < -0.3 is 10.9 Å². The number of benzene rings is 1. The van der Waals surface area contributed by atoms with E-state index in [9.17, 15) is 0 Å². The number of rotatable bonds is 2. The fourth-order valence-electron chi connectivity index (χ4n) is 0.848. The normalized spacial score (nSPS) is 13.0. The average Bonchev–Trinajstić information content (AvgIpc) is 2.05. The lowest BCUT2D eigenvalue weighted by atomic mass is 10.1. The van der Waals surface area contributed by atoms with Crippen LogP contribution in [-0.2, 0) is 0 Å². The molecule has 0 aromatic heterocycles. The second-order valence-corrected chi connectivity index (χ2v) is 2.52. The van der Waals surface area contributed by atoms with Gasteiger partial charge in [0.2, 0.25) is 0 Å². The Morgan fingerprint density at radius 1 is 1.36 bits per heavy atom. The average molecular weight is 152 g/mol. The van der Waals surface area contributed by atoms with Gasteiger partial charge in [0, 0.05) is 0 Å². The predicted octanol–water partition coefficient (Wildman–Crippen LogP) is 0.931. The highest BCUT2D eigenvalue weighted by Gasteiger charge is 2.00. The molecule has 0 saturated carbocycles. The number of nitrogens with two attached hydrogens (primary N) is 1. The Kier molecular flexibility index (Phi) is 2.59. The SMILES string of the molecule is Cc1ccc(C(N)NO)cc1. The third-order valence-corrected chi connectivity index (χ3v) is 1.58. The molecule has 0 aliphatic carbocycles. The first-order valence-corrected chi connectivity index (χ1v) is 3.46. The fraction of sp³-hybridized carbons (Fsp3) is 0.250. The minimum atomic E-state index is -0.490. The van der Waals surface area contributed by atoms with Crippen LogP contribution >= 0.6 is 0 Å². The lowest BCUT2D eigenvalue weighted by Gasteiger charge is -2.08. The molecule has 3 heteroatoms. The van der Waals surface area contributed by atoms with E-state index in [0.717, 1.165) is 5.56 Å². The number of nitrogens with one attached hydrogen (secondary N) is 1. The van der Waals surface area contributed by atoms with Gasteiger partial charge in [0.15, 0.2) is 0 Å². The van der Waals surface area contributed by atoms with Crippen LogP contribution in [0.25, 0.3) is 0 Å². The van der Waals surface area contributed by atoms with E-state index < -0.39 is 6.17 Å². The third kappa shape index (κ3) is 2.01. The summed E-state index contributed by atoms with van der Waals surface area (Å²) in [4.78, 5) is 0. The number of hydrogen-bond acceptors (Lipinski definition) is 3. The van der Waals surface area contributed by atoms with Gasteiger partial charge in [-0.2, -0.15) is 5.48 Å². The van der Waals surface area contributed by atoms with Crippen LogP contribution in [0.2, 0.25) is 0 Å². The second kappa shape index (κ2) is 3.48. The number of hydrogen-bond donors (Lipinski definition) is 3. The molecule has 0 amide bonds. The van der Waals surface area contributed by atoms with Gasteiger partial charge in [-0.3, -0.25) is 0 Å². The van der Waals surface area contributed by atoms with Gasteiger partial charge in [-0.1, -0.05) is 29.8 Å². The Morgan fingerprint density at radius 3 is 2.36 bits per heavy atom. The summed E-state index contributed by atoms with van der Waals surface area (Å²) in [6.45, 7) is 2.00. The molecule has 0 heterocycles. The van der Waals surface area contributed by atoms with Gasteiger partial charge in [0.1, 0.15) is 6.17 Å². The molecule has 0 spiro atoms. The van der Waals surface area contributed by atoms with Crippen molar-refractivity contribution in [2.24, 2.45) is 5.73 Å². The molecule has 0 bridgehead atoms. The van der Waals surface area contributed by atoms with Crippen molar-refractivity contribution in [2.75, 3.05) is 0 Å². The summed E-state index contributed by atoms with van der Waals surface area (Å²) in [5.41, 5.74) is 9.51. The van der Waals surface area contributed by atoms with Crippen LogP contribution < -0.4 is 11.2 Å². The first-order valence-electron chi connectivity index (χ1n) is 3.46. The number of aryl methyl sites for hydroxylation is 1. The van der Waals surface area contributed by atoms with E-state index in [1.807, 2.05) is 36.7 Å². The first kappa shape index (κ1) is 8.20. The highest BCUT2D eigenvalue weighted by atomic mass is 16.5. The Labute approximate surface area is 65.8 Å². The summed E-state index contributed by atoms with van der Waals surface area (Å²) in [7, 11) is 0. The van der Waals surface area contributed by atoms with E-state index in [2.05, 4.69) is 0 Å². The van der Waals surface area contributed by atoms with E-state index in [4.69, 9.17) is 10.9 Å². The smallest absolute Gasteiger partial charge is 0.104 e. The minimum absolute atomic E-state index is 0.490. The third-order valence-electron chi connectivity index (χ3n) is 1.58. The van der Waals surface area contributed by atoms with Gasteiger partial charge in [0.05, 0.1) is 0 Å². The van der Waals surface area contributed by atoms with E-state index in [1.165, 1.54) is 5.56 Å². The predicted molar refractivity (Wildman–Crippen MR) is 43.0 cm³/mol. The summed E-state index contributed by atoms with van der Waals surface area (Å²) < 4.78 is 0. The van der Waals surface area contributed by atoms with Crippen molar-refractivity contribution in [3.63, 3.8) is 0 Å². The van der Waals surface area contributed by atoms with Crippen molar-refractivity contribution in [1.82, 2.24) is 5.48 Å². The molecule has 3 nitrogen and oxygen atoms in total. The van der Waals surface area contributed by atoms with Gasteiger partial charge in [-0.25, -0.2) is 0 Å². The molecule has 60 valence electrons. The van der Waals surface area contributed by atoms with Gasteiger partial charge in [-0.15, -0.1) is 0 Å². The first-order chi connectivity index (χ1) is 5.24. The molecule has 0 aliphatic rings. The molecule has 0 saturated heterocycles. The van der Waals surface area contributed by atoms with Crippen LogP contribution in [0, 0.1) is 6.92 Å². The Morgan fingerprint density at radius 2 is 1.91 bits per heavy atom. The second-order valence-electron chi connectivity index (χ2n) is 2.52. The van der Waals surface area contributed by atoms with Crippen LogP contribution in [0.3, 0.4) is 0 Å². The van der Waals surface area contributed by atoms with E-state index >= 15 is 0 Å². The monoisotopic (exact) mass is 152 g/mol. The van der Waals surface area contributed by atoms with Crippen molar-refractivity contribution < 1.29 is 5.21 Å². The van der Waals surface area contributed by atoms with Gasteiger partial charge in [0.25, 0.3) is 0 Å². The lowest BCUT2D eigenvalue weighted by molar-refractivity contribution is 0.128. The van der Waals surface area contributed by atoms with Crippen molar-refractivity contribution in [3.8, 4) is 0 Å². The Hall–Kier alpha value is -0.900. The molecule has 0 radical (unpaired) electrons. The molecular weight excluding hydrogens is 140 g/mol. The van der Waals surface area contributed by atoms with Crippen LogP contribution in [0.15, 0.2) is 24.3 Å². The summed E-state index contributed by atoms with van der Waals surface area (Å²) in [6.07, 6.45) is -0.490. The van der Waals surface area contributed by atoms with Crippen molar-refractivity contribution in [3.05, 3.63) is 35.4 Å². The standard InChI is InChI=1S/C8H12N2O/c1-6-2-4-7(5-3-6)8(9)10-11/h2-5,8,10-11H,9H2,1H3. The van der Waals surface area contributed by atoms with Crippen molar-refractivity contribution in [2.45, 2.75) is 13.1 Å². The summed E-state index contributed by atoms with van der Waals surface area (Å²) in [5, 5.41) is 8.48. The quantitative estimate of drug-likeness (QED) is 0.436. The molecule has 11 heavy (non-hydrogen) atoms. The van der Waals surface area contributed by atoms with Crippen LogP contribution in [0.5, 0.6) is 0 Å². The zero-order valence-corrected chi connectivity index (χ0v) is 6.41. The maximum Gasteiger partial charge on any atom is 0.104 e. The molecule has 0 fully saturated rings. The van der Waals surface area contributed by atoms with Gasteiger partial charge in [-0.05, 0) is 12.5 Å². The lowest BCUT2D eigenvalue weighted by Crippen LogP contribution is -2.25. The maximum atomic E-state index is 8.48. The van der Waals surface area contributed by atoms with Crippen molar-refractivity contribution in [1.29, 1.82) is 0 Å². The van der Waals surface area contributed by atoms with Gasteiger partial charge >= 0.3 is 0 Å². The van der Waals surface area contributed by atoms with Crippen LogP contribution in [0.1, 0.15) is 17.3 Å². The zero-order valence-electron chi connectivity index (χ0n) is 6.41. The molecule has 1 aromatic carbocycles. The summed E-state index contributed by atoms with van der Waals surface area (Å²) in [5.74, 6) is 0. The fourth-order valence-corrected chi connectivity index (χ4v) is 0.848. The molecule has 4 N–H and O–H groups in total. The van der Waals surface area contributed by atoms with Crippen LogP contribution in [0.4, 0.5) is 0 Å². The molecule has 1 unspecified atom stereocenters. The highest BCUT2D eigenvalue weighted by Crippen LogP contribution is 2.07.